The molecule has 0 spiro atoms. The van der Waals surface area contributed by atoms with Gasteiger partial charge in [-0.25, -0.2) is 8.42 Å². The highest BCUT2D eigenvalue weighted by Crippen LogP contribution is 2.23. The molecular weight excluding hydrogens is 298 g/mol. The molecule has 0 unspecified atom stereocenters. The van der Waals surface area contributed by atoms with Crippen molar-refractivity contribution in [2.75, 3.05) is 6.54 Å². The van der Waals surface area contributed by atoms with Crippen LogP contribution < -0.4 is 0 Å². The lowest BCUT2D eigenvalue weighted by Crippen LogP contribution is -2.31. The van der Waals surface area contributed by atoms with Gasteiger partial charge in [0.2, 0.25) is 0 Å². The first-order chi connectivity index (χ1) is 9.50. The number of aliphatic hydroxyl groups is 1. The number of aromatic amines is 1. The molecule has 0 radical (unpaired) electrons. The Labute approximate surface area is 122 Å². The Morgan fingerprint density at radius 1 is 1.50 bits per heavy atom. The second-order valence-corrected chi connectivity index (χ2v) is 7.19. The minimum atomic E-state index is -3.71. The van der Waals surface area contributed by atoms with Crippen LogP contribution in [0.5, 0.6) is 0 Å². The smallest absolute Gasteiger partial charge is 0.263 e. The van der Waals surface area contributed by atoms with Gasteiger partial charge in [-0.3, -0.25) is 5.10 Å². The van der Waals surface area contributed by atoms with Gasteiger partial charge in [-0.2, -0.15) is 9.40 Å². The molecule has 0 aliphatic heterocycles. The number of aliphatic hydroxyl groups excluding tert-OH is 1. The summed E-state index contributed by atoms with van der Waals surface area (Å²) >= 11 is 1.51. The summed E-state index contributed by atoms with van der Waals surface area (Å²) < 4.78 is 26.6. The fourth-order valence-electron chi connectivity index (χ4n) is 1.89. The van der Waals surface area contributed by atoms with Crippen molar-refractivity contribution in [2.24, 2.45) is 0 Å². The topological polar surface area (TPSA) is 86.3 Å². The summed E-state index contributed by atoms with van der Waals surface area (Å²) in [5.74, 6) is 0. The number of hydrogen-bond donors (Lipinski definition) is 2. The minimum Gasteiger partial charge on any atom is -0.392 e. The van der Waals surface area contributed by atoms with E-state index in [2.05, 4.69) is 10.2 Å². The van der Waals surface area contributed by atoms with Gasteiger partial charge in [0, 0.05) is 29.2 Å². The minimum absolute atomic E-state index is 0.0871. The molecular formula is C12H17N3O3S2. The second-order valence-electron chi connectivity index (χ2n) is 4.30. The van der Waals surface area contributed by atoms with Crippen LogP contribution in [0.3, 0.4) is 0 Å². The van der Waals surface area contributed by atoms with Crippen molar-refractivity contribution >= 4 is 21.4 Å². The van der Waals surface area contributed by atoms with E-state index in [-0.39, 0.29) is 11.6 Å². The number of thiophene rings is 1. The number of H-pyrrole nitrogens is 1. The van der Waals surface area contributed by atoms with E-state index >= 15 is 0 Å². The number of aromatic nitrogens is 2. The van der Waals surface area contributed by atoms with Crippen LogP contribution in [0.1, 0.15) is 23.1 Å². The largest absolute Gasteiger partial charge is 0.392 e. The van der Waals surface area contributed by atoms with Crippen molar-refractivity contribution in [2.45, 2.75) is 32.0 Å². The Morgan fingerprint density at radius 2 is 2.25 bits per heavy atom. The molecule has 0 saturated carbocycles. The first kappa shape index (κ1) is 15.2. The third kappa shape index (κ3) is 2.78. The van der Waals surface area contributed by atoms with E-state index < -0.39 is 10.0 Å². The molecule has 0 bridgehead atoms. The highest BCUT2D eigenvalue weighted by atomic mass is 32.2. The Hall–Kier alpha value is -1.22. The zero-order valence-corrected chi connectivity index (χ0v) is 13.0. The Kier molecular flexibility index (Phi) is 4.59. The van der Waals surface area contributed by atoms with Crippen molar-refractivity contribution in [1.29, 1.82) is 0 Å². The van der Waals surface area contributed by atoms with Gasteiger partial charge in [0.1, 0.15) is 0 Å². The molecule has 0 atom stereocenters. The first-order valence-electron chi connectivity index (χ1n) is 6.18. The predicted octanol–water partition coefficient (Wildman–Crippen LogP) is 1.48. The van der Waals surface area contributed by atoms with Crippen molar-refractivity contribution in [3.05, 3.63) is 33.6 Å². The van der Waals surface area contributed by atoms with Gasteiger partial charge in [0.05, 0.1) is 6.61 Å². The highest BCUT2D eigenvalue weighted by Gasteiger charge is 2.29. The lowest BCUT2D eigenvalue weighted by Gasteiger charge is -2.19. The maximum absolute atomic E-state index is 12.6. The molecule has 110 valence electrons. The number of hydrogen-bond acceptors (Lipinski definition) is 5. The maximum Gasteiger partial charge on any atom is 0.263 e. The van der Waals surface area contributed by atoms with Crippen molar-refractivity contribution in [3.8, 4) is 0 Å². The fourth-order valence-corrected chi connectivity index (χ4v) is 4.28. The average molecular weight is 315 g/mol. The maximum atomic E-state index is 12.6. The Bertz CT molecular complexity index is 662. The van der Waals surface area contributed by atoms with Gasteiger partial charge in [-0.05, 0) is 18.4 Å². The van der Waals surface area contributed by atoms with Gasteiger partial charge in [0.25, 0.3) is 10.0 Å². The summed E-state index contributed by atoms with van der Waals surface area (Å²) in [4.78, 5) is 0.966. The fraction of sp³-hybridized carbons (Fsp3) is 0.417. The van der Waals surface area contributed by atoms with Crippen LogP contribution in [0.2, 0.25) is 0 Å². The normalized spacial score (nSPS) is 12.2. The molecule has 0 saturated heterocycles. The monoisotopic (exact) mass is 315 g/mol. The van der Waals surface area contributed by atoms with Crippen molar-refractivity contribution < 1.29 is 13.5 Å². The van der Waals surface area contributed by atoms with Crippen LogP contribution in [0.25, 0.3) is 0 Å². The van der Waals surface area contributed by atoms with Gasteiger partial charge >= 0.3 is 0 Å². The first-order valence-corrected chi connectivity index (χ1v) is 8.50. The third-order valence-electron chi connectivity index (χ3n) is 3.04. The SMILES string of the molecule is CCN(Cc1cccs1)S(=O)(=O)c1n[nH]c(C)c1CO. The summed E-state index contributed by atoms with van der Waals surface area (Å²) in [5.41, 5.74) is 0.896. The van der Waals surface area contributed by atoms with Crippen LogP contribution in [0.15, 0.2) is 22.5 Å². The standard InChI is InChI=1S/C12H17N3O3S2/c1-3-15(7-10-5-4-6-19-10)20(17,18)12-11(8-16)9(2)13-14-12/h4-6,16H,3,7-8H2,1-2H3,(H,13,14). The Morgan fingerprint density at radius 3 is 2.80 bits per heavy atom. The van der Waals surface area contributed by atoms with E-state index in [0.717, 1.165) is 4.88 Å². The molecule has 2 rings (SSSR count). The average Bonchev–Trinajstić information content (AvgIpc) is 3.04. The molecule has 2 aromatic heterocycles. The number of nitrogens with zero attached hydrogens (tertiary/aromatic N) is 2. The summed E-state index contributed by atoms with van der Waals surface area (Å²) in [5, 5.41) is 17.6. The van der Waals surface area contributed by atoms with Crippen LogP contribution in [-0.2, 0) is 23.2 Å². The van der Waals surface area contributed by atoms with E-state index in [0.29, 0.717) is 24.3 Å². The summed E-state index contributed by atoms with van der Waals surface area (Å²) in [6.45, 7) is 3.77. The second kappa shape index (κ2) is 6.04. The zero-order chi connectivity index (χ0) is 14.8. The van der Waals surface area contributed by atoms with Crippen LogP contribution >= 0.6 is 11.3 Å². The molecule has 2 aromatic rings. The zero-order valence-electron chi connectivity index (χ0n) is 11.3. The number of rotatable bonds is 6. The molecule has 0 fully saturated rings. The van der Waals surface area contributed by atoms with E-state index in [1.807, 2.05) is 17.5 Å². The molecule has 6 nitrogen and oxygen atoms in total. The summed E-state index contributed by atoms with van der Waals surface area (Å²) in [6.07, 6.45) is 0. The van der Waals surface area contributed by atoms with Crippen molar-refractivity contribution in [3.63, 3.8) is 0 Å². The number of nitrogens with one attached hydrogen (secondary N) is 1. The molecule has 0 aromatic carbocycles. The van der Waals surface area contributed by atoms with E-state index in [1.165, 1.54) is 15.6 Å². The molecule has 0 amide bonds. The number of sulfonamides is 1. The summed E-state index contributed by atoms with van der Waals surface area (Å²) in [7, 11) is -3.71. The third-order valence-corrected chi connectivity index (χ3v) is 5.80. The molecule has 20 heavy (non-hydrogen) atoms. The molecule has 2 heterocycles. The van der Waals surface area contributed by atoms with E-state index in [9.17, 15) is 13.5 Å². The lowest BCUT2D eigenvalue weighted by atomic mass is 10.3. The van der Waals surface area contributed by atoms with Crippen LogP contribution in [0, 0.1) is 6.92 Å². The van der Waals surface area contributed by atoms with Gasteiger partial charge < -0.3 is 5.11 Å². The molecule has 0 aliphatic carbocycles. The Balaban J connectivity index is 2.36. The molecule has 0 aliphatic rings. The van der Waals surface area contributed by atoms with E-state index in [1.54, 1.807) is 13.8 Å². The summed E-state index contributed by atoms with van der Waals surface area (Å²) in [6, 6.07) is 3.78. The molecule has 2 N–H and O–H groups in total. The predicted molar refractivity (Wildman–Crippen MR) is 76.8 cm³/mol. The van der Waals surface area contributed by atoms with Crippen LogP contribution in [0.4, 0.5) is 0 Å². The highest BCUT2D eigenvalue weighted by molar-refractivity contribution is 7.89. The van der Waals surface area contributed by atoms with Gasteiger partial charge in [-0.15, -0.1) is 11.3 Å². The quantitative estimate of drug-likeness (QED) is 0.845. The molecule has 8 heteroatoms. The lowest BCUT2D eigenvalue weighted by molar-refractivity contribution is 0.277. The van der Waals surface area contributed by atoms with Gasteiger partial charge in [0.15, 0.2) is 5.03 Å². The van der Waals surface area contributed by atoms with E-state index in [4.69, 9.17) is 0 Å². The van der Waals surface area contributed by atoms with Crippen LogP contribution in [-0.4, -0.2) is 34.6 Å². The number of aryl methyl sites for hydroxylation is 1. The van der Waals surface area contributed by atoms with Gasteiger partial charge in [-0.1, -0.05) is 13.0 Å². The van der Waals surface area contributed by atoms with Crippen molar-refractivity contribution in [1.82, 2.24) is 14.5 Å².